The van der Waals surface area contributed by atoms with Crippen LogP contribution in [-0.4, -0.2) is 9.30 Å². The molecule has 0 aliphatic rings. The first-order valence-corrected chi connectivity index (χ1v) is 7.14. The second-order valence-corrected chi connectivity index (χ2v) is 7.24. The number of hydrogen-bond acceptors (Lipinski definition) is 2. The molecule has 0 aromatic heterocycles. The Labute approximate surface area is 116 Å². The van der Waals surface area contributed by atoms with E-state index in [0.717, 1.165) is 18.2 Å². The zero-order valence-electron chi connectivity index (χ0n) is 11.4. The molecular formula is C14H19F2NOS. The molecule has 0 fully saturated rings. The van der Waals surface area contributed by atoms with Crippen molar-refractivity contribution < 1.29 is 13.3 Å². The minimum Gasteiger partial charge on any atom is -0.598 e. The second-order valence-electron chi connectivity index (χ2n) is 5.24. The molecule has 0 radical (unpaired) electrons. The molecule has 0 bridgehead atoms. The highest BCUT2D eigenvalue weighted by atomic mass is 32.2. The molecule has 2 atom stereocenters. The number of hydrogen-bond donors (Lipinski definition) is 1. The minimum atomic E-state index is -1.37. The quantitative estimate of drug-likeness (QED) is 0.663. The normalized spacial score (nSPS) is 15.1. The topological polar surface area (TPSA) is 35.1 Å². The highest BCUT2D eigenvalue weighted by molar-refractivity contribution is 7.90. The smallest absolute Gasteiger partial charge is 0.136 e. The summed E-state index contributed by atoms with van der Waals surface area (Å²) in [6, 6.07) is 2.69. The molecule has 5 heteroatoms. The van der Waals surface area contributed by atoms with Crippen molar-refractivity contribution >= 4 is 11.4 Å². The summed E-state index contributed by atoms with van der Waals surface area (Å²) in [4.78, 5) is 0. The molecular weight excluding hydrogens is 268 g/mol. The first-order chi connectivity index (χ1) is 8.75. The molecule has 1 aromatic rings. The summed E-state index contributed by atoms with van der Waals surface area (Å²) in [5.41, 5.74) is 0.164. The van der Waals surface area contributed by atoms with E-state index in [4.69, 9.17) is 0 Å². The first kappa shape index (κ1) is 16.1. The van der Waals surface area contributed by atoms with Crippen LogP contribution in [0.3, 0.4) is 0 Å². The van der Waals surface area contributed by atoms with Gasteiger partial charge in [0.2, 0.25) is 0 Å². The largest absolute Gasteiger partial charge is 0.598 e. The third-order valence-corrected chi connectivity index (χ3v) is 4.15. The van der Waals surface area contributed by atoms with Crippen molar-refractivity contribution in [3.63, 3.8) is 0 Å². The summed E-state index contributed by atoms with van der Waals surface area (Å²) in [5.74, 6) is -1.04. The molecule has 0 heterocycles. The van der Waals surface area contributed by atoms with Gasteiger partial charge in [-0.25, -0.2) is 8.78 Å². The lowest BCUT2D eigenvalue weighted by molar-refractivity contribution is 0.508. The molecule has 0 saturated heterocycles. The van der Waals surface area contributed by atoms with Crippen LogP contribution in [0.25, 0.3) is 0 Å². The van der Waals surface area contributed by atoms with Crippen molar-refractivity contribution in [1.29, 1.82) is 0 Å². The molecule has 0 amide bonds. The van der Waals surface area contributed by atoms with Crippen LogP contribution in [0, 0.1) is 11.6 Å². The predicted octanol–water partition coefficient (Wildman–Crippen LogP) is 3.63. The van der Waals surface area contributed by atoms with Crippen LogP contribution in [0.15, 0.2) is 30.9 Å². The standard InChI is InChI=1S/C14H19F2NOS/c1-5-6-13(17-19(18)14(2,3)4)11-9-10(15)7-8-12(11)16/h5,7-9,13,17H,1,6H2,2-4H3/t13-,19-/m1/s1. The average Bonchev–Trinajstić information content (AvgIpc) is 2.30. The summed E-state index contributed by atoms with van der Waals surface area (Å²) >= 11 is -1.37. The Hall–Kier alpha value is -0.910. The van der Waals surface area contributed by atoms with Crippen LogP contribution in [0.5, 0.6) is 0 Å². The van der Waals surface area contributed by atoms with Crippen LogP contribution in [0.2, 0.25) is 0 Å². The van der Waals surface area contributed by atoms with Gasteiger partial charge in [-0.05, 0) is 45.4 Å². The van der Waals surface area contributed by atoms with Crippen LogP contribution in [0.4, 0.5) is 8.78 Å². The third-order valence-electron chi connectivity index (χ3n) is 2.54. The Morgan fingerprint density at radius 1 is 1.42 bits per heavy atom. The zero-order chi connectivity index (χ0) is 14.6. The SMILES string of the molecule is C=CC[C@@H](N[S@+]([O-])C(C)(C)C)c1cc(F)ccc1F. The van der Waals surface area contributed by atoms with E-state index in [0.29, 0.717) is 6.42 Å². The van der Waals surface area contributed by atoms with Gasteiger partial charge in [-0.2, -0.15) is 0 Å². The molecule has 19 heavy (non-hydrogen) atoms. The Kier molecular flexibility index (Phi) is 5.52. The van der Waals surface area contributed by atoms with Crippen LogP contribution >= 0.6 is 0 Å². The van der Waals surface area contributed by atoms with E-state index in [1.54, 1.807) is 6.08 Å². The summed E-state index contributed by atoms with van der Waals surface area (Å²) in [7, 11) is 0. The summed E-state index contributed by atoms with van der Waals surface area (Å²) in [6.07, 6.45) is 1.95. The fraction of sp³-hybridized carbons (Fsp3) is 0.429. The Balaban J connectivity index is 3.00. The van der Waals surface area contributed by atoms with E-state index < -0.39 is 33.8 Å². The molecule has 1 rings (SSSR count). The number of rotatable bonds is 5. The molecule has 106 valence electrons. The number of nitrogens with one attached hydrogen (secondary N) is 1. The third kappa shape index (κ3) is 4.60. The van der Waals surface area contributed by atoms with Gasteiger partial charge in [0.1, 0.15) is 16.4 Å². The number of halogens is 2. The van der Waals surface area contributed by atoms with Crippen molar-refractivity contribution in [1.82, 2.24) is 4.72 Å². The van der Waals surface area contributed by atoms with Crippen molar-refractivity contribution in [3.05, 3.63) is 48.1 Å². The van der Waals surface area contributed by atoms with E-state index >= 15 is 0 Å². The van der Waals surface area contributed by atoms with Gasteiger partial charge in [0.05, 0.1) is 6.04 Å². The maximum atomic E-state index is 13.8. The molecule has 1 aromatic carbocycles. The maximum absolute atomic E-state index is 13.8. The van der Waals surface area contributed by atoms with E-state index in [-0.39, 0.29) is 5.56 Å². The fourth-order valence-electron chi connectivity index (χ4n) is 1.49. The van der Waals surface area contributed by atoms with Crippen molar-refractivity contribution in [2.45, 2.75) is 38.0 Å². The zero-order valence-corrected chi connectivity index (χ0v) is 12.2. The van der Waals surface area contributed by atoms with Gasteiger partial charge in [-0.3, -0.25) is 0 Å². The van der Waals surface area contributed by atoms with E-state index in [9.17, 15) is 13.3 Å². The van der Waals surface area contributed by atoms with Gasteiger partial charge in [0.15, 0.2) is 0 Å². The monoisotopic (exact) mass is 287 g/mol. The summed E-state index contributed by atoms with van der Waals surface area (Å²) in [6.45, 7) is 9.02. The highest BCUT2D eigenvalue weighted by Gasteiger charge is 2.30. The molecule has 0 aliphatic heterocycles. The Morgan fingerprint density at radius 3 is 2.58 bits per heavy atom. The van der Waals surface area contributed by atoms with Crippen LogP contribution in [-0.2, 0) is 11.4 Å². The van der Waals surface area contributed by atoms with Gasteiger partial charge in [-0.1, -0.05) is 6.08 Å². The highest BCUT2D eigenvalue weighted by Crippen LogP contribution is 2.25. The first-order valence-electron chi connectivity index (χ1n) is 5.99. The second kappa shape index (κ2) is 6.50. The van der Waals surface area contributed by atoms with Crippen molar-refractivity contribution in [2.24, 2.45) is 0 Å². The molecule has 0 saturated carbocycles. The van der Waals surface area contributed by atoms with Crippen molar-refractivity contribution in [2.75, 3.05) is 0 Å². The van der Waals surface area contributed by atoms with E-state index in [2.05, 4.69) is 11.3 Å². The Morgan fingerprint density at radius 2 is 2.05 bits per heavy atom. The molecule has 0 spiro atoms. The number of benzene rings is 1. The lowest BCUT2D eigenvalue weighted by Gasteiger charge is -2.27. The van der Waals surface area contributed by atoms with Gasteiger partial charge in [0, 0.05) is 16.9 Å². The molecule has 1 N–H and O–H groups in total. The van der Waals surface area contributed by atoms with Crippen LogP contribution < -0.4 is 4.72 Å². The summed E-state index contributed by atoms with van der Waals surface area (Å²) in [5, 5.41) is 0. The average molecular weight is 287 g/mol. The lowest BCUT2D eigenvalue weighted by atomic mass is 10.0. The molecule has 2 nitrogen and oxygen atoms in total. The lowest BCUT2D eigenvalue weighted by Crippen LogP contribution is -2.41. The molecule has 0 aliphatic carbocycles. The minimum absolute atomic E-state index is 0.164. The van der Waals surface area contributed by atoms with E-state index in [1.807, 2.05) is 20.8 Å². The molecule has 0 unspecified atom stereocenters. The van der Waals surface area contributed by atoms with Gasteiger partial charge in [0.25, 0.3) is 0 Å². The van der Waals surface area contributed by atoms with E-state index in [1.165, 1.54) is 0 Å². The van der Waals surface area contributed by atoms with Gasteiger partial charge >= 0.3 is 0 Å². The van der Waals surface area contributed by atoms with Crippen LogP contribution in [0.1, 0.15) is 38.8 Å². The fourth-order valence-corrected chi connectivity index (χ4v) is 2.33. The maximum Gasteiger partial charge on any atom is 0.136 e. The summed E-state index contributed by atoms with van der Waals surface area (Å²) < 4.78 is 41.4. The Bertz CT molecular complexity index is 446. The van der Waals surface area contributed by atoms with Crippen molar-refractivity contribution in [3.8, 4) is 0 Å². The van der Waals surface area contributed by atoms with Gasteiger partial charge in [-0.15, -0.1) is 11.3 Å². The predicted molar refractivity (Wildman–Crippen MR) is 74.9 cm³/mol. The van der Waals surface area contributed by atoms with Gasteiger partial charge < -0.3 is 4.55 Å².